The molecule has 1 heterocycles. The van der Waals surface area contributed by atoms with Crippen LogP contribution in [-0.4, -0.2) is 11.8 Å². The van der Waals surface area contributed by atoms with Gasteiger partial charge in [0.2, 0.25) is 0 Å². The van der Waals surface area contributed by atoms with Crippen LogP contribution in [0.3, 0.4) is 0 Å². The second-order valence-electron chi connectivity index (χ2n) is 4.67. The molecule has 2 amide bonds. The van der Waals surface area contributed by atoms with Crippen LogP contribution in [-0.2, 0) is 9.59 Å². The van der Waals surface area contributed by atoms with Crippen molar-refractivity contribution in [3.05, 3.63) is 70.2 Å². The Morgan fingerprint density at radius 2 is 1.50 bits per heavy atom. The molecule has 6 heteroatoms. The van der Waals surface area contributed by atoms with Gasteiger partial charge >= 0.3 is 0 Å². The van der Waals surface area contributed by atoms with Crippen LogP contribution in [0.2, 0.25) is 5.02 Å². The number of imide groups is 1. The zero-order valence-corrected chi connectivity index (χ0v) is 11.7. The third-order valence-electron chi connectivity index (χ3n) is 3.25. The Balaban J connectivity index is 2.25. The minimum Gasteiger partial charge on any atom is -0.288 e. The Labute approximate surface area is 129 Å². The summed E-state index contributed by atoms with van der Waals surface area (Å²) in [5.41, 5.74) is 0.623. The Bertz CT molecular complexity index is 846. The molecule has 0 aromatic heterocycles. The molecule has 1 aliphatic heterocycles. The lowest BCUT2D eigenvalue weighted by Gasteiger charge is -2.06. The second kappa shape index (κ2) is 5.35. The molecule has 1 aliphatic rings. The molecule has 0 bridgehead atoms. The zero-order valence-electron chi connectivity index (χ0n) is 11.0. The Kier molecular flexibility index (Phi) is 3.50. The van der Waals surface area contributed by atoms with E-state index in [4.69, 9.17) is 11.6 Å². The molecular weight excluding hydrogens is 312 g/mol. The predicted molar refractivity (Wildman–Crippen MR) is 77.8 cm³/mol. The zero-order chi connectivity index (χ0) is 15.9. The number of hydrogen-bond acceptors (Lipinski definition) is 2. The first-order valence-corrected chi connectivity index (χ1v) is 6.66. The molecule has 0 spiro atoms. The van der Waals surface area contributed by atoms with Crippen LogP contribution in [0.1, 0.15) is 11.1 Å². The normalized spacial score (nSPS) is 14.5. The van der Waals surface area contributed by atoms with Crippen LogP contribution in [0.5, 0.6) is 0 Å². The van der Waals surface area contributed by atoms with Crippen molar-refractivity contribution in [1.29, 1.82) is 0 Å². The summed E-state index contributed by atoms with van der Waals surface area (Å²) in [6.07, 6.45) is 0. The summed E-state index contributed by atoms with van der Waals surface area (Å²) in [7, 11) is 0. The van der Waals surface area contributed by atoms with Gasteiger partial charge in [-0.1, -0.05) is 29.8 Å². The average Bonchev–Trinajstić information content (AvgIpc) is 2.76. The lowest BCUT2D eigenvalue weighted by atomic mass is 9.96. The van der Waals surface area contributed by atoms with E-state index in [2.05, 4.69) is 5.32 Å². The minimum atomic E-state index is -0.636. The number of rotatable bonds is 2. The first-order valence-electron chi connectivity index (χ1n) is 6.28. The van der Waals surface area contributed by atoms with Gasteiger partial charge in [0.15, 0.2) is 0 Å². The number of halogens is 3. The highest BCUT2D eigenvalue weighted by Crippen LogP contribution is 2.32. The van der Waals surface area contributed by atoms with E-state index >= 15 is 0 Å². The predicted octanol–water partition coefficient (Wildman–Crippen LogP) is 3.19. The fourth-order valence-corrected chi connectivity index (χ4v) is 2.48. The number of carbonyl (C=O) groups excluding carboxylic acids is 2. The first kappa shape index (κ1) is 14.4. The molecule has 0 aliphatic carbocycles. The molecule has 0 fully saturated rings. The van der Waals surface area contributed by atoms with E-state index in [1.807, 2.05) is 0 Å². The van der Waals surface area contributed by atoms with Crippen molar-refractivity contribution < 1.29 is 18.4 Å². The van der Waals surface area contributed by atoms with Crippen LogP contribution in [0.4, 0.5) is 8.78 Å². The Morgan fingerprint density at radius 1 is 0.864 bits per heavy atom. The van der Waals surface area contributed by atoms with Gasteiger partial charge in [0, 0.05) is 0 Å². The van der Waals surface area contributed by atoms with Gasteiger partial charge < -0.3 is 0 Å². The lowest BCUT2D eigenvalue weighted by Crippen LogP contribution is -2.22. The van der Waals surface area contributed by atoms with Crippen molar-refractivity contribution >= 4 is 34.6 Å². The number of nitrogens with one attached hydrogen (secondary N) is 1. The van der Waals surface area contributed by atoms with Crippen molar-refractivity contribution in [3.63, 3.8) is 0 Å². The maximum atomic E-state index is 13.4. The summed E-state index contributed by atoms with van der Waals surface area (Å²) in [6.45, 7) is 0. The molecule has 3 rings (SSSR count). The molecule has 0 atom stereocenters. The second-order valence-corrected chi connectivity index (χ2v) is 5.08. The molecule has 2 aromatic rings. The summed E-state index contributed by atoms with van der Waals surface area (Å²) in [4.78, 5) is 24.0. The van der Waals surface area contributed by atoms with E-state index < -0.39 is 23.4 Å². The van der Waals surface area contributed by atoms with E-state index in [9.17, 15) is 18.4 Å². The highest BCUT2D eigenvalue weighted by Gasteiger charge is 2.32. The molecule has 2 aromatic carbocycles. The quantitative estimate of drug-likeness (QED) is 0.864. The molecule has 0 radical (unpaired) electrons. The highest BCUT2D eigenvalue weighted by molar-refractivity contribution is 6.49. The van der Waals surface area contributed by atoms with Crippen molar-refractivity contribution in [2.45, 2.75) is 0 Å². The maximum Gasteiger partial charge on any atom is 0.259 e. The first-order chi connectivity index (χ1) is 10.5. The monoisotopic (exact) mass is 319 g/mol. The summed E-state index contributed by atoms with van der Waals surface area (Å²) in [6, 6.07) is 9.03. The van der Waals surface area contributed by atoms with Gasteiger partial charge in [0.25, 0.3) is 11.8 Å². The molecule has 3 nitrogen and oxygen atoms in total. The number of carbonyl (C=O) groups is 2. The van der Waals surface area contributed by atoms with E-state index in [0.717, 1.165) is 12.1 Å². The standard InChI is InChI=1S/C16H8ClF2NO2/c17-11-7-9(4-5-12(11)19)14-13(15(21)20-16(14)22)8-2-1-3-10(18)6-8/h1-7H,(H,20,21,22). The maximum absolute atomic E-state index is 13.4. The SMILES string of the molecule is O=C1NC(=O)C(c2ccc(F)c(Cl)c2)=C1c1cccc(F)c1. The molecule has 110 valence electrons. The van der Waals surface area contributed by atoms with Gasteiger partial charge in [-0.3, -0.25) is 14.9 Å². The van der Waals surface area contributed by atoms with E-state index in [-0.39, 0.29) is 27.3 Å². The molecule has 0 saturated carbocycles. The fourth-order valence-electron chi connectivity index (χ4n) is 2.30. The van der Waals surface area contributed by atoms with E-state index in [0.29, 0.717) is 0 Å². The summed E-state index contributed by atoms with van der Waals surface area (Å²) in [5, 5.41) is 1.99. The summed E-state index contributed by atoms with van der Waals surface area (Å²) in [5.74, 6) is -2.44. The fraction of sp³-hybridized carbons (Fsp3) is 0. The van der Waals surface area contributed by atoms with E-state index in [1.165, 1.54) is 30.3 Å². The molecule has 0 unspecified atom stereocenters. The molecule has 0 saturated heterocycles. The van der Waals surface area contributed by atoms with E-state index in [1.54, 1.807) is 0 Å². The molecule has 1 N–H and O–H groups in total. The number of amides is 2. The summed E-state index contributed by atoms with van der Waals surface area (Å²) < 4.78 is 26.6. The van der Waals surface area contributed by atoms with Crippen molar-refractivity contribution in [1.82, 2.24) is 5.32 Å². The number of hydrogen-bond donors (Lipinski definition) is 1. The van der Waals surface area contributed by atoms with Gasteiger partial charge in [0.05, 0.1) is 16.2 Å². The van der Waals surface area contributed by atoms with Crippen molar-refractivity contribution in [2.24, 2.45) is 0 Å². The molecular formula is C16H8ClF2NO2. The van der Waals surface area contributed by atoms with Gasteiger partial charge in [-0.05, 0) is 35.4 Å². The average molecular weight is 320 g/mol. The van der Waals surface area contributed by atoms with Gasteiger partial charge in [-0.2, -0.15) is 0 Å². The Morgan fingerprint density at radius 3 is 2.09 bits per heavy atom. The third-order valence-corrected chi connectivity index (χ3v) is 3.54. The lowest BCUT2D eigenvalue weighted by molar-refractivity contribution is -0.122. The van der Waals surface area contributed by atoms with Crippen molar-refractivity contribution in [3.8, 4) is 0 Å². The topological polar surface area (TPSA) is 46.2 Å². The van der Waals surface area contributed by atoms with Crippen LogP contribution >= 0.6 is 11.6 Å². The van der Waals surface area contributed by atoms with Gasteiger partial charge in [-0.15, -0.1) is 0 Å². The van der Waals surface area contributed by atoms with Gasteiger partial charge in [-0.25, -0.2) is 8.78 Å². The summed E-state index contributed by atoms with van der Waals surface area (Å²) >= 11 is 5.72. The van der Waals surface area contributed by atoms with Gasteiger partial charge in [0.1, 0.15) is 11.6 Å². The van der Waals surface area contributed by atoms with Crippen LogP contribution in [0.15, 0.2) is 42.5 Å². The molecule has 22 heavy (non-hydrogen) atoms. The van der Waals surface area contributed by atoms with Crippen LogP contribution < -0.4 is 5.32 Å². The van der Waals surface area contributed by atoms with Crippen LogP contribution in [0.25, 0.3) is 11.1 Å². The smallest absolute Gasteiger partial charge is 0.259 e. The van der Waals surface area contributed by atoms with Crippen LogP contribution in [0, 0.1) is 11.6 Å². The minimum absolute atomic E-state index is 0.0344. The third kappa shape index (κ3) is 2.40. The largest absolute Gasteiger partial charge is 0.288 e. The Hall–Kier alpha value is -2.53. The van der Waals surface area contributed by atoms with Crippen molar-refractivity contribution in [2.75, 3.05) is 0 Å². The highest BCUT2D eigenvalue weighted by atomic mass is 35.5. The number of benzene rings is 2.